The number of ether oxygens (including phenoxy) is 1. The fourth-order valence-electron chi connectivity index (χ4n) is 3.10. The van der Waals surface area contributed by atoms with E-state index in [-0.39, 0.29) is 12.5 Å². The molecular weight excluding hydrogens is 370 g/mol. The molecule has 0 saturated carbocycles. The lowest BCUT2D eigenvalue weighted by Crippen LogP contribution is -2.28. The summed E-state index contributed by atoms with van der Waals surface area (Å²) >= 11 is 7.33. The normalized spacial score (nSPS) is 16.0. The van der Waals surface area contributed by atoms with E-state index in [2.05, 4.69) is 12.2 Å². The van der Waals surface area contributed by atoms with E-state index in [9.17, 15) is 9.59 Å². The van der Waals surface area contributed by atoms with Crippen LogP contribution in [0.2, 0.25) is 5.02 Å². The Hall–Kier alpha value is -1.85. The second-order valence-electron chi connectivity index (χ2n) is 6.56. The first-order valence-corrected chi connectivity index (χ1v) is 10.0. The van der Waals surface area contributed by atoms with Crippen LogP contribution in [0.4, 0.5) is 0 Å². The van der Waals surface area contributed by atoms with Crippen LogP contribution in [-0.2, 0) is 28.9 Å². The zero-order valence-electron chi connectivity index (χ0n) is 14.7. The molecule has 0 spiro atoms. The summed E-state index contributed by atoms with van der Waals surface area (Å²) in [5.41, 5.74) is 2.21. The number of fused-ring (bicyclic) bond motifs is 1. The molecule has 0 fully saturated rings. The molecule has 1 atom stereocenters. The van der Waals surface area contributed by atoms with Crippen molar-refractivity contribution in [2.75, 3.05) is 6.61 Å². The number of benzene rings is 1. The Bertz CT molecular complexity index is 785. The molecule has 26 heavy (non-hydrogen) atoms. The predicted molar refractivity (Wildman–Crippen MR) is 104 cm³/mol. The van der Waals surface area contributed by atoms with E-state index in [0.29, 0.717) is 22.4 Å². The van der Waals surface area contributed by atoms with Crippen molar-refractivity contribution in [2.24, 2.45) is 5.92 Å². The van der Waals surface area contributed by atoms with Crippen LogP contribution in [0.3, 0.4) is 0 Å². The van der Waals surface area contributed by atoms with E-state index in [1.807, 2.05) is 18.2 Å². The number of aryl methyl sites for hydroxylation is 1. The molecule has 1 amide bonds. The Morgan fingerprint density at radius 3 is 2.81 bits per heavy atom. The topological polar surface area (TPSA) is 55.4 Å². The standard InChI is InChI=1S/C20H22ClNO3S/c1-2-13-5-8-17-15(9-13)10-18(26-17)20(24)25-12-19(23)22-11-14-3-6-16(21)7-4-14/h3-4,6-7,10,13H,2,5,8-9,11-12H2,1H3,(H,22,23)/t13-/m0/s1. The lowest BCUT2D eigenvalue weighted by molar-refractivity contribution is -0.124. The second kappa shape index (κ2) is 8.69. The first kappa shape index (κ1) is 18.9. The molecule has 2 aromatic rings. The van der Waals surface area contributed by atoms with Crippen LogP contribution in [-0.4, -0.2) is 18.5 Å². The van der Waals surface area contributed by atoms with Gasteiger partial charge in [0.15, 0.2) is 6.61 Å². The summed E-state index contributed by atoms with van der Waals surface area (Å²) in [6.07, 6.45) is 4.43. The molecular formula is C20H22ClNO3S. The third-order valence-corrected chi connectivity index (χ3v) is 6.17. The number of amides is 1. The third-order valence-electron chi connectivity index (χ3n) is 4.70. The summed E-state index contributed by atoms with van der Waals surface area (Å²) in [4.78, 5) is 26.0. The molecule has 1 aliphatic rings. The lowest BCUT2D eigenvalue weighted by atomic mass is 9.87. The number of hydrogen-bond donors (Lipinski definition) is 1. The molecule has 4 nitrogen and oxygen atoms in total. The highest BCUT2D eigenvalue weighted by atomic mass is 35.5. The minimum atomic E-state index is -0.418. The van der Waals surface area contributed by atoms with Gasteiger partial charge < -0.3 is 10.1 Å². The van der Waals surface area contributed by atoms with Crippen LogP contribution < -0.4 is 5.32 Å². The van der Waals surface area contributed by atoms with E-state index in [1.165, 1.54) is 34.6 Å². The first-order chi connectivity index (χ1) is 12.5. The van der Waals surface area contributed by atoms with Crippen molar-refractivity contribution in [2.45, 2.75) is 39.2 Å². The minimum Gasteiger partial charge on any atom is -0.451 e. The van der Waals surface area contributed by atoms with Crippen molar-refractivity contribution < 1.29 is 14.3 Å². The second-order valence-corrected chi connectivity index (χ2v) is 8.13. The fraction of sp³-hybridized carbons (Fsp3) is 0.400. The van der Waals surface area contributed by atoms with E-state index >= 15 is 0 Å². The molecule has 0 bridgehead atoms. The molecule has 1 N–H and O–H groups in total. The van der Waals surface area contributed by atoms with E-state index in [0.717, 1.165) is 18.4 Å². The van der Waals surface area contributed by atoms with Gasteiger partial charge in [0.1, 0.15) is 4.88 Å². The molecule has 3 rings (SSSR count). The van der Waals surface area contributed by atoms with Crippen molar-refractivity contribution in [3.63, 3.8) is 0 Å². The average Bonchev–Trinajstić information content (AvgIpc) is 3.08. The van der Waals surface area contributed by atoms with Crippen molar-refractivity contribution in [3.8, 4) is 0 Å². The van der Waals surface area contributed by atoms with Gasteiger partial charge in [0.05, 0.1) is 0 Å². The number of halogens is 1. The monoisotopic (exact) mass is 391 g/mol. The maximum Gasteiger partial charge on any atom is 0.348 e. The third kappa shape index (κ3) is 4.86. The van der Waals surface area contributed by atoms with Crippen molar-refractivity contribution >= 4 is 34.8 Å². The van der Waals surface area contributed by atoms with Crippen LogP contribution >= 0.6 is 22.9 Å². The van der Waals surface area contributed by atoms with Crippen LogP contribution in [0.5, 0.6) is 0 Å². The molecule has 6 heteroatoms. The Morgan fingerprint density at radius 1 is 1.31 bits per heavy atom. The summed E-state index contributed by atoms with van der Waals surface area (Å²) in [5, 5.41) is 3.38. The molecule has 1 aliphatic carbocycles. The maximum absolute atomic E-state index is 12.2. The van der Waals surface area contributed by atoms with Gasteiger partial charge >= 0.3 is 5.97 Å². The predicted octanol–water partition coefficient (Wildman–Crippen LogP) is 4.39. The molecule has 1 aromatic heterocycles. The zero-order chi connectivity index (χ0) is 18.5. The maximum atomic E-state index is 12.2. The molecule has 0 radical (unpaired) electrons. The van der Waals surface area contributed by atoms with E-state index in [1.54, 1.807) is 12.1 Å². The summed E-state index contributed by atoms with van der Waals surface area (Å²) in [6.45, 7) is 2.31. The number of nitrogens with one attached hydrogen (secondary N) is 1. The highest BCUT2D eigenvalue weighted by Gasteiger charge is 2.22. The molecule has 0 saturated heterocycles. The van der Waals surface area contributed by atoms with Gasteiger partial charge in [0.2, 0.25) is 0 Å². The van der Waals surface area contributed by atoms with Crippen molar-refractivity contribution in [3.05, 3.63) is 56.2 Å². The van der Waals surface area contributed by atoms with Crippen LogP contribution in [0.25, 0.3) is 0 Å². The summed E-state index contributed by atoms with van der Waals surface area (Å²) < 4.78 is 5.17. The van der Waals surface area contributed by atoms with Crippen LogP contribution in [0.1, 0.15) is 45.4 Å². The molecule has 0 unspecified atom stereocenters. The summed E-state index contributed by atoms with van der Waals surface area (Å²) in [6, 6.07) is 9.16. The van der Waals surface area contributed by atoms with E-state index in [4.69, 9.17) is 16.3 Å². The number of carbonyl (C=O) groups excluding carboxylic acids is 2. The number of thiophene rings is 1. The van der Waals surface area contributed by atoms with Gasteiger partial charge in [-0.3, -0.25) is 4.79 Å². The number of esters is 1. The lowest BCUT2D eigenvalue weighted by Gasteiger charge is -2.19. The Labute approximate surface area is 162 Å². The van der Waals surface area contributed by atoms with Gasteiger partial charge in [-0.15, -0.1) is 11.3 Å². The highest BCUT2D eigenvalue weighted by Crippen LogP contribution is 2.33. The van der Waals surface area contributed by atoms with Gasteiger partial charge in [-0.1, -0.05) is 37.1 Å². The quantitative estimate of drug-likeness (QED) is 0.743. The number of rotatable bonds is 6. The summed E-state index contributed by atoms with van der Waals surface area (Å²) in [5.74, 6) is -0.0284. The zero-order valence-corrected chi connectivity index (χ0v) is 16.3. The first-order valence-electron chi connectivity index (χ1n) is 8.85. The van der Waals surface area contributed by atoms with Crippen LogP contribution in [0, 0.1) is 5.92 Å². The smallest absolute Gasteiger partial charge is 0.348 e. The molecule has 138 valence electrons. The van der Waals surface area contributed by atoms with Gasteiger partial charge in [-0.05, 0) is 54.5 Å². The molecule has 1 aromatic carbocycles. The Morgan fingerprint density at radius 2 is 2.08 bits per heavy atom. The number of hydrogen-bond acceptors (Lipinski definition) is 4. The fourth-order valence-corrected chi connectivity index (χ4v) is 4.33. The largest absolute Gasteiger partial charge is 0.451 e. The Kier molecular flexibility index (Phi) is 6.33. The van der Waals surface area contributed by atoms with E-state index < -0.39 is 5.97 Å². The van der Waals surface area contributed by atoms with Gasteiger partial charge in [0, 0.05) is 16.4 Å². The van der Waals surface area contributed by atoms with Gasteiger partial charge in [-0.2, -0.15) is 0 Å². The van der Waals surface area contributed by atoms with Gasteiger partial charge in [0.25, 0.3) is 5.91 Å². The molecule has 0 aliphatic heterocycles. The minimum absolute atomic E-state index is 0.271. The van der Waals surface area contributed by atoms with Crippen LogP contribution in [0.15, 0.2) is 30.3 Å². The Balaban J connectivity index is 1.47. The average molecular weight is 392 g/mol. The molecule has 1 heterocycles. The number of carbonyl (C=O) groups is 2. The SMILES string of the molecule is CC[C@H]1CCc2sc(C(=O)OCC(=O)NCc3ccc(Cl)cc3)cc2C1. The van der Waals surface area contributed by atoms with Crippen molar-refractivity contribution in [1.29, 1.82) is 0 Å². The summed E-state index contributed by atoms with van der Waals surface area (Å²) in [7, 11) is 0. The van der Waals surface area contributed by atoms with Gasteiger partial charge in [-0.25, -0.2) is 4.79 Å². The highest BCUT2D eigenvalue weighted by molar-refractivity contribution is 7.14. The van der Waals surface area contributed by atoms with Crippen molar-refractivity contribution in [1.82, 2.24) is 5.32 Å².